The summed E-state index contributed by atoms with van der Waals surface area (Å²) in [6, 6.07) is 0. The van der Waals surface area contributed by atoms with Crippen LogP contribution in [0.3, 0.4) is 0 Å². The molecule has 2 nitrogen and oxygen atoms in total. The van der Waals surface area contributed by atoms with Crippen molar-refractivity contribution in [2.75, 3.05) is 0 Å². The Kier molecular flexibility index (Phi) is 2.96. The van der Waals surface area contributed by atoms with E-state index in [1.165, 1.54) is 0 Å². The maximum atomic E-state index is 13.5. The van der Waals surface area contributed by atoms with Crippen LogP contribution in [-0.2, 0) is 4.79 Å². The Hall–Kier alpha value is -1.00. The van der Waals surface area contributed by atoms with Gasteiger partial charge >= 0.3 is 12.1 Å². The summed E-state index contributed by atoms with van der Waals surface area (Å²) in [6.45, 7) is 1.11. The molecule has 4 rings (SSSR count). The van der Waals surface area contributed by atoms with Crippen LogP contribution in [0.5, 0.6) is 0 Å². The van der Waals surface area contributed by atoms with Crippen LogP contribution in [0.4, 0.5) is 13.2 Å². The normalized spacial score (nSPS) is 40.7. The molecule has 4 aliphatic carbocycles. The predicted molar refractivity (Wildman–Crippen MR) is 67.0 cm³/mol. The van der Waals surface area contributed by atoms with Gasteiger partial charge in [-0.2, -0.15) is 13.2 Å². The van der Waals surface area contributed by atoms with Crippen molar-refractivity contribution in [3.8, 4) is 0 Å². The molecule has 5 heteroatoms. The molecule has 1 N–H and O–H groups in total. The lowest BCUT2D eigenvalue weighted by Gasteiger charge is -2.58. The van der Waals surface area contributed by atoms with E-state index in [2.05, 4.69) is 0 Å². The molecule has 0 aromatic carbocycles. The molecule has 0 atom stereocenters. The van der Waals surface area contributed by atoms with E-state index in [1.807, 2.05) is 0 Å². The zero-order valence-electron chi connectivity index (χ0n) is 11.5. The first-order chi connectivity index (χ1) is 9.21. The third kappa shape index (κ3) is 2.06. The number of rotatable bonds is 2. The highest BCUT2D eigenvalue weighted by molar-refractivity contribution is 5.87. The molecular weight excluding hydrogens is 269 g/mol. The molecule has 0 spiro atoms. The fraction of sp³-hybridized carbons (Fsp3) is 0.800. The topological polar surface area (TPSA) is 37.3 Å². The van der Waals surface area contributed by atoms with Crippen molar-refractivity contribution in [1.82, 2.24) is 0 Å². The van der Waals surface area contributed by atoms with Gasteiger partial charge in [-0.25, -0.2) is 4.79 Å². The summed E-state index contributed by atoms with van der Waals surface area (Å²) in [5.41, 5.74) is -2.16. The van der Waals surface area contributed by atoms with Crippen LogP contribution in [0, 0.1) is 23.2 Å². The van der Waals surface area contributed by atoms with Gasteiger partial charge in [0.1, 0.15) is 0 Å². The van der Waals surface area contributed by atoms with Crippen LogP contribution in [0.25, 0.3) is 0 Å². The fourth-order valence-corrected chi connectivity index (χ4v) is 5.43. The molecule has 4 fully saturated rings. The van der Waals surface area contributed by atoms with Gasteiger partial charge in [0.05, 0.1) is 0 Å². The van der Waals surface area contributed by atoms with E-state index in [0.717, 1.165) is 26.2 Å². The lowest BCUT2D eigenvalue weighted by molar-refractivity contribution is -0.142. The second kappa shape index (κ2) is 4.25. The molecule has 0 aromatic rings. The Bertz CT molecular complexity index is 441. The molecule has 112 valence electrons. The van der Waals surface area contributed by atoms with Crippen LogP contribution in [0.1, 0.15) is 45.4 Å². The average Bonchev–Trinajstić information content (AvgIpc) is 2.23. The number of hydrogen-bond donors (Lipinski definition) is 1. The van der Waals surface area contributed by atoms with E-state index in [9.17, 15) is 18.0 Å². The summed E-state index contributed by atoms with van der Waals surface area (Å²) in [4.78, 5) is 11.1. The lowest BCUT2D eigenvalue weighted by Crippen LogP contribution is -2.49. The van der Waals surface area contributed by atoms with Crippen molar-refractivity contribution in [2.24, 2.45) is 23.2 Å². The quantitative estimate of drug-likeness (QED) is 0.774. The van der Waals surface area contributed by atoms with Gasteiger partial charge in [-0.3, -0.25) is 0 Å². The van der Waals surface area contributed by atoms with Crippen molar-refractivity contribution in [3.63, 3.8) is 0 Å². The number of halogens is 3. The maximum absolute atomic E-state index is 13.5. The first-order valence-corrected chi connectivity index (χ1v) is 7.23. The Morgan fingerprint density at radius 1 is 1.05 bits per heavy atom. The van der Waals surface area contributed by atoms with Crippen LogP contribution in [-0.4, -0.2) is 17.3 Å². The first kappa shape index (κ1) is 14.0. The van der Waals surface area contributed by atoms with E-state index in [4.69, 9.17) is 5.11 Å². The maximum Gasteiger partial charge on any atom is 0.413 e. The number of carboxylic acids is 1. The Labute approximate surface area is 116 Å². The number of alkyl halides is 3. The van der Waals surface area contributed by atoms with Crippen LogP contribution >= 0.6 is 0 Å². The number of carbonyl (C=O) groups is 1. The minimum Gasteiger partial charge on any atom is -0.478 e. The summed E-state index contributed by atoms with van der Waals surface area (Å²) in [5.74, 6) is -0.353. The van der Waals surface area contributed by atoms with Crippen LogP contribution in [0.15, 0.2) is 11.1 Å². The number of carboxylic acid groups (broad SMARTS) is 1. The fourth-order valence-electron chi connectivity index (χ4n) is 5.43. The van der Waals surface area contributed by atoms with E-state index in [1.54, 1.807) is 0 Å². The Morgan fingerprint density at radius 3 is 1.75 bits per heavy atom. The third-order valence-electron chi connectivity index (χ3n) is 5.55. The van der Waals surface area contributed by atoms with Gasteiger partial charge in [0.15, 0.2) is 0 Å². The molecule has 0 heterocycles. The van der Waals surface area contributed by atoms with Crippen molar-refractivity contribution in [3.05, 3.63) is 11.1 Å². The molecule has 4 bridgehead atoms. The van der Waals surface area contributed by atoms with Gasteiger partial charge in [-0.05, 0) is 63.2 Å². The van der Waals surface area contributed by atoms with Gasteiger partial charge < -0.3 is 5.11 Å². The van der Waals surface area contributed by atoms with E-state index >= 15 is 0 Å². The monoisotopic (exact) mass is 288 g/mol. The largest absolute Gasteiger partial charge is 0.478 e. The Morgan fingerprint density at radius 2 is 1.45 bits per heavy atom. The second-order valence-corrected chi connectivity index (χ2v) is 7.00. The summed E-state index contributed by atoms with van der Waals surface area (Å²) in [5, 5.41) is 9.06. The summed E-state index contributed by atoms with van der Waals surface area (Å²) in [6.07, 6.45) is 0.160. The Balaban J connectivity index is 2.08. The summed E-state index contributed by atoms with van der Waals surface area (Å²) >= 11 is 0. The van der Waals surface area contributed by atoms with Gasteiger partial charge in [0, 0.05) is 16.6 Å². The molecular formula is C15H19F3O2. The first-order valence-electron chi connectivity index (χ1n) is 7.23. The van der Waals surface area contributed by atoms with Gasteiger partial charge in [0.25, 0.3) is 0 Å². The van der Waals surface area contributed by atoms with Crippen molar-refractivity contribution >= 4 is 5.97 Å². The van der Waals surface area contributed by atoms with Crippen molar-refractivity contribution < 1.29 is 23.1 Å². The molecule has 0 saturated heterocycles. The zero-order chi connectivity index (χ0) is 14.7. The molecule has 0 radical (unpaired) electrons. The number of hydrogen-bond acceptors (Lipinski definition) is 1. The molecule has 0 amide bonds. The SMILES string of the molecule is C/C(C(=O)O)=C(/C(F)(F)F)C12CC3CC(CC(C3)C1)C2. The average molecular weight is 288 g/mol. The highest BCUT2D eigenvalue weighted by Crippen LogP contribution is 2.65. The predicted octanol–water partition coefficient (Wildman–Crippen LogP) is 4.17. The molecule has 0 unspecified atom stereocenters. The molecule has 20 heavy (non-hydrogen) atoms. The van der Waals surface area contributed by atoms with Gasteiger partial charge in [0.2, 0.25) is 0 Å². The van der Waals surface area contributed by atoms with Crippen LogP contribution in [0.2, 0.25) is 0 Å². The third-order valence-corrected chi connectivity index (χ3v) is 5.55. The zero-order valence-corrected chi connectivity index (χ0v) is 11.5. The molecule has 4 saturated carbocycles. The summed E-state index contributed by atoms with van der Waals surface area (Å²) < 4.78 is 40.6. The standard InChI is InChI=1S/C15H19F3O2/c1-8(13(19)20)12(15(16,17)18)14-5-9-2-10(6-14)4-11(3-9)7-14/h9-11H,2-7H2,1H3,(H,19,20)/b12-8-. The van der Waals surface area contributed by atoms with E-state index in [0.29, 0.717) is 37.0 Å². The highest BCUT2D eigenvalue weighted by atomic mass is 19.4. The molecule has 0 aliphatic heterocycles. The number of aliphatic carboxylic acids is 1. The van der Waals surface area contributed by atoms with Crippen molar-refractivity contribution in [2.45, 2.75) is 51.6 Å². The van der Waals surface area contributed by atoms with Gasteiger partial charge in [-0.1, -0.05) is 0 Å². The lowest BCUT2D eigenvalue weighted by atomic mass is 9.47. The number of allylic oxidation sites excluding steroid dienone is 1. The smallest absolute Gasteiger partial charge is 0.413 e. The summed E-state index contributed by atoms with van der Waals surface area (Å²) in [7, 11) is 0. The van der Waals surface area contributed by atoms with Gasteiger partial charge in [-0.15, -0.1) is 0 Å². The molecule has 4 aliphatic rings. The van der Waals surface area contributed by atoms with E-state index in [-0.39, 0.29) is 0 Å². The minimum absolute atomic E-state index is 0.361. The highest BCUT2D eigenvalue weighted by Gasteiger charge is 2.58. The van der Waals surface area contributed by atoms with Crippen molar-refractivity contribution in [1.29, 1.82) is 0 Å². The molecule has 0 aromatic heterocycles. The van der Waals surface area contributed by atoms with E-state index < -0.39 is 28.7 Å². The minimum atomic E-state index is -4.53. The second-order valence-electron chi connectivity index (χ2n) is 7.00. The van der Waals surface area contributed by atoms with Crippen LogP contribution < -0.4 is 0 Å².